The predicted molar refractivity (Wildman–Crippen MR) is 105 cm³/mol. The molecule has 156 valence electrons. The summed E-state index contributed by atoms with van der Waals surface area (Å²) >= 11 is 11.2. The number of hydrogen-bond donors (Lipinski definition) is 3. The van der Waals surface area contributed by atoms with Crippen molar-refractivity contribution in [2.45, 2.75) is 34.9 Å². The number of carboxylic acids is 1. The van der Waals surface area contributed by atoms with Gasteiger partial charge in [0.2, 0.25) is 5.54 Å². The van der Waals surface area contributed by atoms with Crippen LogP contribution in [0.4, 0.5) is 0 Å². The zero-order valence-electron chi connectivity index (χ0n) is 15.2. The molecule has 11 heteroatoms. The van der Waals surface area contributed by atoms with Gasteiger partial charge in [-0.1, -0.05) is 17.7 Å². The molecule has 0 aromatic heterocycles. The first-order valence-corrected chi connectivity index (χ1v) is 10.7. The van der Waals surface area contributed by atoms with Crippen molar-refractivity contribution in [3.63, 3.8) is 0 Å². The number of carbonyl (C=O) groups is 3. The van der Waals surface area contributed by atoms with Crippen molar-refractivity contribution in [1.82, 2.24) is 0 Å². The average molecular weight is 453 g/mol. The summed E-state index contributed by atoms with van der Waals surface area (Å²) < 4.78 is 24.3. The van der Waals surface area contributed by atoms with Crippen molar-refractivity contribution in [2.24, 2.45) is 11.5 Å². The number of nitrogens with two attached hydrogens (primary N) is 2. The van der Waals surface area contributed by atoms with E-state index in [1.165, 1.54) is 24.3 Å². The van der Waals surface area contributed by atoms with Gasteiger partial charge in [0.15, 0.2) is 26.2 Å². The predicted octanol–water partition coefficient (Wildman–Crippen LogP) is 0.644. The lowest BCUT2D eigenvalue weighted by atomic mass is 9.75. The van der Waals surface area contributed by atoms with Crippen LogP contribution >= 0.6 is 23.2 Å². The zero-order chi connectivity index (χ0) is 21.8. The molecule has 0 amide bonds. The van der Waals surface area contributed by atoms with Crippen LogP contribution in [-0.2, 0) is 24.2 Å². The third-order valence-electron chi connectivity index (χ3n) is 4.63. The van der Waals surface area contributed by atoms with Crippen LogP contribution in [0.1, 0.15) is 18.4 Å². The topological polar surface area (TPSA) is 158 Å². The van der Waals surface area contributed by atoms with E-state index in [-0.39, 0.29) is 17.9 Å². The maximum absolute atomic E-state index is 13.6. The fourth-order valence-corrected chi connectivity index (χ4v) is 5.88. The third kappa shape index (κ3) is 3.81. The van der Waals surface area contributed by atoms with Gasteiger partial charge in [-0.15, -0.1) is 23.2 Å². The maximum atomic E-state index is 13.6. The minimum Gasteiger partial charge on any atom is -0.479 e. The lowest BCUT2D eigenvalue weighted by molar-refractivity contribution is -0.152. The Kier molecular flexibility index (Phi) is 8.16. The first kappa shape index (κ1) is 24.5. The van der Waals surface area contributed by atoms with E-state index < -0.39 is 55.8 Å². The van der Waals surface area contributed by atoms with E-state index in [0.29, 0.717) is 0 Å². The molecule has 0 saturated carbocycles. The van der Waals surface area contributed by atoms with Crippen molar-refractivity contribution in [3.05, 3.63) is 29.8 Å². The molecule has 28 heavy (non-hydrogen) atoms. The summed E-state index contributed by atoms with van der Waals surface area (Å²) in [5.74, 6) is -6.33. The second-order valence-electron chi connectivity index (χ2n) is 6.26. The van der Waals surface area contributed by atoms with Gasteiger partial charge in [0.25, 0.3) is 0 Å². The number of Topliss-reactive ketones (excluding diaryl/α,β-unsaturated/α-hetero) is 2. The number of aryl methyl sites for hydroxylation is 1. The normalized spacial score (nSPS) is 16.0. The Labute approximate surface area is 173 Å². The molecule has 1 rings (SSSR count). The third-order valence-corrected chi connectivity index (χ3v) is 7.68. The molecule has 0 aliphatic carbocycles. The quantitative estimate of drug-likeness (QED) is 0.325. The molecule has 0 fully saturated rings. The number of alkyl halides is 2. The highest BCUT2D eigenvalue weighted by atomic mass is 35.5. The summed E-state index contributed by atoms with van der Waals surface area (Å²) in [5, 5.41) is 9.77. The maximum Gasteiger partial charge on any atom is 0.333 e. The van der Waals surface area contributed by atoms with Gasteiger partial charge in [-0.2, -0.15) is 0 Å². The summed E-state index contributed by atoms with van der Waals surface area (Å²) in [4.78, 5) is 37.1. The standard InChI is InChI=1S/C17H22Cl2N2O6S/c1-11-3-5-12(6-4-11)28(26,27)16(7-2-8-20,13(22)9-18)17(21,15(24)25)14(23)10-19/h3-6H,2,7-10,20-21H2,1H3,(H,24,25)/t16?,17-/m1/s1. The van der Waals surface area contributed by atoms with Crippen molar-refractivity contribution in [3.8, 4) is 0 Å². The van der Waals surface area contributed by atoms with Crippen molar-refractivity contribution in [1.29, 1.82) is 0 Å². The number of aliphatic carboxylic acids is 1. The number of carboxylic acid groups (broad SMARTS) is 1. The molecule has 0 bridgehead atoms. The van der Waals surface area contributed by atoms with Gasteiger partial charge >= 0.3 is 5.97 Å². The Hall–Kier alpha value is -1.52. The van der Waals surface area contributed by atoms with E-state index in [2.05, 4.69) is 0 Å². The monoisotopic (exact) mass is 452 g/mol. The van der Waals surface area contributed by atoms with E-state index in [1.807, 2.05) is 0 Å². The van der Waals surface area contributed by atoms with Crippen LogP contribution in [0, 0.1) is 6.92 Å². The first-order chi connectivity index (χ1) is 13.0. The molecule has 0 radical (unpaired) electrons. The van der Waals surface area contributed by atoms with E-state index in [0.717, 1.165) is 5.56 Å². The largest absolute Gasteiger partial charge is 0.479 e. The molecule has 0 saturated heterocycles. The summed E-state index contributed by atoms with van der Waals surface area (Å²) in [5.41, 5.74) is 8.95. The van der Waals surface area contributed by atoms with Crippen molar-refractivity contribution in [2.75, 3.05) is 18.3 Å². The molecule has 0 heterocycles. The second kappa shape index (κ2) is 9.32. The zero-order valence-corrected chi connectivity index (χ0v) is 17.5. The molecule has 0 aliphatic heterocycles. The molecule has 0 aliphatic rings. The van der Waals surface area contributed by atoms with E-state index in [1.54, 1.807) is 6.92 Å². The molecule has 2 atom stereocenters. The highest BCUT2D eigenvalue weighted by molar-refractivity contribution is 7.93. The molecular formula is C17H22Cl2N2O6S. The summed E-state index contributed by atoms with van der Waals surface area (Å²) in [6, 6.07) is 5.34. The molecular weight excluding hydrogens is 431 g/mol. The van der Waals surface area contributed by atoms with Crippen molar-refractivity contribution >= 4 is 50.6 Å². The summed E-state index contributed by atoms with van der Waals surface area (Å²) in [6.45, 7) is 1.63. The van der Waals surface area contributed by atoms with Crippen LogP contribution in [0.5, 0.6) is 0 Å². The van der Waals surface area contributed by atoms with Gasteiger partial charge in [0.1, 0.15) is 0 Å². The number of sulfone groups is 1. The van der Waals surface area contributed by atoms with Crippen LogP contribution in [0.15, 0.2) is 29.2 Å². The van der Waals surface area contributed by atoms with Crippen LogP contribution in [0.2, 0.25) is 0 Å². The van der Waals surface area contributed by atoms with E-state index in [9.17, 15) is 27.9 Å². The fourth-order valence-electron chi connectivity index (χ4n) is 3.05. The number of benzene rings is 1. The number of rotatable bonds is 11. The molecule has 5 N–H and O–H groups in total. The van der Waals surface area contributed by atoms with E-state index >= 15 is 0 Å². The Bertz CT molecular complexity index is 859. The Morgan fingerprint density at radius 3 is 1.96 bits per heavy atom. The summed E-state index contributed by atoms with van der Waals surface area (Å²) in [6.07, 6.45) is -0.716. The van der Waals surface area contributed by atoms with Gasteiger partial charge in [-0.05, 0) is 38.4 Å². The molecule has 0 spiro atoms. The Morgan fingerprint density at radius 1 is 1.07 bits per heavy atom. The lowest BCUT2D eigenvalue weighted by Crippen LogP contribution is -2.76. The number of ketones is 2. The summed E-state index contributed by atoms with van der Waals surface area (Å²) in [7, 11) is -4.80. The SMILES string of the molecule is Cc1ccc(S(=O)(=O)C(CCCN)(C(=O)CCl)[C@](N)(C(=O)O)C(=O)CCl)cc1. The van der Waals surface area contributed by atoms with Gasteiger partial charge in [-0.25, -0.2) is 13.2 Å². The van der Waals surface area contributed by atoms with Crippen molar-refractivity contribution < 1.29 is 27.9 Å². The minimum atomic E-state index is -4.80. The van der Waals surface area contributed by atoms with Gasteiger partial charge < -0.3 is 16.6 Å². The van der Waals surface area contributed by atoms with Gasteiger partial charge in [0.05, 0.1) is 16.7 Å². The Balaban J connectivity index is 4.05. The molecule has 1 unspecified atom stereocenters. The number of carbonyl (C=O) groups excluding carboxylic acids is 2. The van der Waals surface area contributed by atoms with Crippen LogP contribution in [0.3, 0.4) is 0 Å². The van der Waals surface area contributed by atoms with Gasteiger partial charge in [-0.3, -0.25) is 9.59 Å². The lowest BCUT2D eigenvalue weighted by Gasteiger charge is -2.42. The highest BCUT2D eigenvalue weighted by Crippen LogP contribution is 2.41. The molecule has 1 aromatic carbocycles. The van der Waals surface area contributed by atoms with Gasteiger partial charge in [0, 0.05) is 0 Å². The minimum absolute atomic E-state index is 0.0779. The van der Waals surface area contributed by atoms with Crippen LogP contribution in [0.25, 0.3) is 0 Å². The Morgan fingerprint density at radius 2 is 1.57 bits per heavy atom. The number of halogens is 2. The number of hydrogen-bond acceptors (Lipinski definition) is 7. The first-order valence-electron chi connectivity index (χ1n) is 8.19. The highest BCUT2D eigenvalue weighted by Gasteiger charge is 2.69. The second-order valence-corrected chi connectivity index (χ2v) is 8.97. The molecule has 1 aromatic rings. The van der Waals surface area contributed by atoms with Crippen LogP contribution in [-0.4, -0.2) is 59.7 Å². The average Bonchev–Trinajstić information content (AvgIpc) is 2.66. The smallest absolute Gasteiger partial charge is 0.333 e. The molecule has 8 nitrogen and oxygen atoms in total. The van der Waals surface area contributed by atoms with E-state index in [4.69, 9.17) is 34.7 Å². The van der Waals surface area contributed by atoms with Crippen LogP contribution < -0.4 is 11.5 Å². The fraction of sp³-hybridized carbons (Fsp3) is 0.471.